The lowest BCUT2D eigenvalue weighted by atomic mass is 9.89. The number of hydrogen-bond acceptors (Lipinski definition) is 2. The molecule has 3 heteroatoms. The molecule has 0 aliphatic heterocycles. The van der Waals surface area contributed by atoms with E-state index >= 15 is 0 Å². The van der Waals surface area contributed by atoms with Crippen LogP contribution in [0.2, 0.25) is 0 Å². The smallest absolute Gasteiger partial charge is 0.303 e. The average Bonchev–Trinajstić information content (AvgIpc) is 1.98. The van der Waals surface area contributed by atoms with Crippen molar-refractivity contribution in [3.63, 3.8) is 0 Å². The third-order valence-corrected chi connectivity index (χ3v) is 2.17. The van der Waals surface area contributed by atoms with Gasteiger partial charge in [-0.05, 0) is 18.8 Å². The predicted octanol–water partition coefficient (Wildman–Crippen LogP) is 1.88. The van der Waals surface area contributed by atoms with Gasteiger partial charge < -0.3 is 10.4 Å². The Morgan fingerprint density at radius 1 is 1.54 bits per heavy atom. The quantitative estimate of drug-likeness (QED) is 0.667. The fraction of sp³-hybridized carbons (Fsp3) is 0.900. The summed E-state index contributed by atoms with van der Waals surface area (Å²) in [5, 5.41) is 12.0. The van der Waals surface area contributed by atoms with Gasteiger partial charge in [-0.3, -0.25) is 4.79 Å². The maximum Gasteiger partial charge on any atom is 0.303 e. The Morgan fingerprint density at radius 2 is 2.08 bits per heavy atom. The van der Waals surface area contributed by atoms with Crippen LogP contribution in [0.3, 0.4) is 0 Å². The lowest BCUT2D eigenvalue weighted by molar-refractivity contribution is -0.139. The van der Waals surface area contributed by atoms with Crippen molar-refractivity contribution in [3.8, 4) is 0 Å². The first-order chi connectivity index (χ1) is 5.87. The summed E-state index contributed by atoms with van der Waals surface area (Å²) in [4.78, 5) is 10.5. The van der Waals surface area contributed by atoms with Crippen molar-refractivity contribution in [2.24, 2.45) is 5.41 Å². The molecule has 78 valence electrons. The predicted molar refractivity (Wildman–Crippen MR) is 53.8 cm³/mol. The summed E-state index contributed by atoms with van der Waals surface area (Å²) < 4.78 is 0. The number of carboxylic acids is 1. The zero-order valence-electron chi connectivity index (χ0n) is 9.05. The normalized spacial score (nSPS) is 14.2. The van der Waals surface area contributed by atoms with Crippen molar-refractivity contribution in [1.82, 2.24) is 5.32 Å². The molecule has 0 bridgehead atoms. The Kier molecular flexibility index (Phi) is 4.99. The van der Waals surface area contributed by atoms with Gasteiger partial charge >= 0.3 is 5.97 Å². The molecule has 0 spiro atoms. The monoisotopic (exact) mass is 187 g/mol. The number of carbonyl (C=O) groups is 1. The van der Waals surface area contributed by atoms with Gasteiger partial charge in [0.05, 0.1) is 6.42 Å². The standard InChI is InChI=1S/C10H21NO2/c1-5-8(2)11-7-10(3,4)6-9(12)13/h8,11H,5-7H2,1-4H3,(H,12,13). The van der Waals surface area contributed by atoms with E-state index in [0.717, 1.165) is 13.0 Å². The average molecular weight is 187 g/mol. The molecule has 1 atom stereocenters. The van der Waals surface area contributed by atoms with Gasteiger partial charge in [0.25, 0.3) is 0 Å². The number of aliphatic carboxylic acids is 1. The maximum absolute atomic E-state index is 10.5. The van der Waals surface area contributed by atoms with E-state index in [2.05, 4.69) is 19.2 Å². The minimum atomic E-state index is -0.726. The fourth-order valence-electron chi connectivity index (χ4n) is 1.07. The van der Waals surface area contributed by atoms with Gasteiger partial charge in [0.15, 0.2) is 0 Å². The Morgan fingerprint density at radius 3 is 2.46 bits per heavy atom. The molecule has 0 amide bonds. The number of carboxylic acid groups (broad SMARTS) is 1. The molecule has 0 aliphatic carbocycles. The molecule has 0 aliphatic rings. The topological polar surface area (TPSA) is 49.3 Å². The van der Waals surface area contributed by atoms with E-state index in [-0.39, 0.29) is 11.8 Å². The summed E-state index contributed by atoms with van der Waals surface area (Å²) in [7, 11) is 0. The zero-order chi connectivity index (χ0) is 10.5. The van der Waals surface area contributed by atoms with Gasteiger partial charge in [-0.1, -0.05) is 20.8 Å². The minimum Gasteiger partial charge on any atom is -0.481 e. The molecule has 0 fully saturated rings. The summed E-state index contributed by atoms with van der Waals surface area (Å²) in [5.74, 6) is -0.726. The van der Waals surface area contributed by atoms with Gasteiger partial charge in [0, 0.05) is 12.6 Å². The highest BCUT2D eigenvalue weighted by molar-refractivity contribution is 5.67. The van der Waals surface area contributed by atoms with E-state index in [0.29, 0.717) is 6.04 Å². The number of nitrogens with one attached hydrogen (secondary N) is 1. The van der Waals surface area contributed by atoms with Crippen LogP contribution in [0.25, 0.3) is 0 Å². The fourth-order valence-corrected chi connectivity index (χ4v) is 1.07. The van der Waals surface area contributed by atoms with Crippen molar-refractivity contribution in [1.29, 1.82) is 0 Å². The molecule has 0 aromatic rings. The van der Waals surface area contributed by atoms with Crippen LogP contribution in [-0.4, -0.2) is 23.7 Å². The maximum atomic E-state index is 10.5. The van der Waals surface area contributed by atoms with Crippen molar-refractivity contribution in [3.05, 3.63) is 0 Å². The molecule has 1 unspecified atom stereocenters. The van der Waals surface area contributed by atoms with Gasteiger partial charge in [0.2, 0.25) is 0 Å². The van der Waals surface area contributed by atoms with Gasteiger partial charge in [-0.2, -0.15) is 0 Å². The third kappa shape index (κ3) is 6.58. The highest BCUT2D eigenvalue weighted by Crippen LogP contribution is 2.18. The molecule has 0 rings (SSSR count). The molecule has 0 radical (unpaired) electrons. The first-order valence-corrected chi connectivity index (χ1v) is 4.82. The Bertz CT molecular complexity index is 166. The molecule has 13 heavy (non-hydrogen) atoms. The van der Waals surface area contributed by atoms with Crippen LogP contribution in [-0.2, 0) is 4.79 Å². The molecule has 0 saturated heterocycles. The van der Waals surface area contributed by atoms with Crippen LogP contribution < -0.4 is 5.32 Å². The third-order valence-electron chi connectivity index (χ3n) is 2.17. The van der Waals surface area contributed by atoms with Crippen LogP contribution in [0.1, 0.15) is 40.5 Å². The Hall–Kier alpha value is -0.570. The minimum absolute atomic E-state index is 0.157. The van der Waals surface area contributed by atoms with Crippen molar-refractivity contribution >= 4 is 5.97 Å². The van der Waals surface area contributed by atoms with Crippen LogP contribution in [0, 0.1) is 5.41 Å². The van der Waals surface area contributed by atoms with Gasteiger partial charge in [-0.15, -0.1) is 0 Å². The van der Waals surface area contributed by atoms with Gasteiger partial charge in [-0.25, -0.2) is 0 Å². The molecular weight excluding hydrogens is 166 g/mol. The summed E-state index contributed by atoms with van der Waals surface area (Å²) in [6, 6.07) is 0.466. The van der Waals surface area contributed by atoms with E-state index in [1.807, 2.05) is 13.8 Å². The highest BCUT2D eigenvalue weighted by Gasteiger charge is 2.21. The second kappa shape index (κ2) is 5.22. The highest BCUT2D eigenvalue weighted by atomic mass is 16.4. The summed E-state index contributed by atoms with van der Waals surface area (Å²) in [6.07, 6.45) is 1.29. The lowest BCUT2D eigenvalue weighted by Crippen LogP contribution is -2.36. The van der Waals surface area contributed by atoms with E-state index in [1.165, 1.54) is 0 Å². The first kappa shape index (κ1) is 12.4. The summed E-state index contributed by atoms with van der Waals surface area (Å²) in [6.45, 7) is 8.92. The van der Waals surface area contributed by atoms with Crippen LogP contribution in [0.4, 0.5) is 0 Å². The number of rotatable bonds is 6. The molecule has 3 nitrogen and oxygen atoms in total. The van der Waals surface area contributed by atoms with Gasteiger partial charge in [0.1, 0.15) is 0 Å². The SMILES string of the molecule is CCC(C)NCC(C)(C)CC(=O)O. The Balaban J connectivity index is 3.81. The van der Waals surface area contributed by atoms with E-state index in [9.17, 15) is 4.79 Å². The molecule has 0 heterocycles. The summed E-state index contributed by atoms with van der Waals surface area (Å²) in [5.41, 5.74) is -0.157. The molecule has 0 aromatic carbocycles. The summed E-state index contributed by atoms with van der Waals surface area (Å²) >= 11 is 0. The van der Waals surface area contributed by atoms with Crippen molar-refractivity contribution in [2.45, 2.75) is 46.6 Å². The second-order valence-corrected chi connectivity index (χ2v) is 4.42. The van der Waals surface area contributed by atoms with Crippen molar-refractivity contribution in [2.75, 3.05) is 6.54 Å². The van der Waals surface area contributed by atoms with Crippen LogP contribution in [0.5, 0.6) is 0 Å². The molecular formula is C10H21NO2. The van der Waals surface area contributed by atoms with Crippen molar-refractivity contribution < 1.29 is 9.90 Å². The molecule has 0 aromatic heterocycles. The largest absolute Gasteiger partial charge is 0.481 e. The zero-order valence-corrected chi connectivity index (χ0v) is 9.05. The number of hydrogen-bond donors (Lipinski definition) is 2. The Labute approximate surface area is 80.5 Å². The second-order valence-electron chi connectivity index (χ2n) is 4.42. The van der Waals surface area contributed by atoms with E-state index in [1.54, 1.807) is 0 Å². The lowest BCUT2D eigenvalue weighted by Gasteiger charge is -2.25. The van der Waals surface area contributed by atoms with E-state index < -0.39 is 5.97 Å². The first-order valence-electron chi connectivity index (χ1n) is 4.82. The van der Waals surface area contributed by atoms with Crippen LogP contribution >= 0.6 is 0 Å². The molecule has 0 saturated carbocycles. The van der Waals surface area contributed by atoms with E-state index in [4.69, 9.17) is 5.11 Å². The van der Waals surface area contributed by atoms with Crippen LogP contribution in [0.15, 0.2) is 0 Å². The molecule has 2 N–H and O–H groups in total.